The molecule has 0 spiro atoms. The minimum absolute atomic E-state index is 0.115. The number of benzene rings is 1. The Morgan fingerprint density at radius 3 is 2.38 bits per heavy atom. The third-order valence-electron chi connectivity index (χ3n) is 3.30. The monoisotopic (exact) mass is 314 g/mol. The van der Waals surface area contributed by atoms with Gasteiger partial charge in [-0.15, -0.1) is 0 Å². The van der Waals surface area contributed by atoms with Gasteiger partial charge in [0, 0.05) is 25.8 Å². The Balaban J connectivity index is 2.64. The number of carbonyl (C=O) groups excluding carboxylic acids is 1. The number of nitrogens with one attached hydrogen (secondary N) is 1. The number of rotatable bonds is 8. The maximum atomic E-state index is 12.0. The van der Waals surface area contributed by atoms with Gasteiger partial charge in [0.2, 0.25) is 5.91 Å². The van der Waals surface area contributed by atoms with Gasteiger partial charge < -0.3 is 20.5 Å². The van der Waals surface area contributed by atoms with Crippen LogP contribution in [0.15, 0.2) is 24.3 Å². The number of ether oxygens (including phenoxy) is 2. The van der Waals surface area contributed by atoms with E-state index < -0.39 is 0 Å². The van der Waals surface area contributed by atoms with Gasteiger partial charge in [0.1, 0.15) is 6.10 Å². The number of hydrogen-bond acceptors (Lipinski definition) is 4. The van der Waals surface area contributed by atoms with Crippen molar-refractivity contribution in [3.8, 4) is 0 Å². The molecule has 0 aromatic heterocycles. The molecule has 0 heterocycles. The first-order valence-corrected chi connectivity index (χ1v) is 7.20. The Labute approximate surface area is 130 Å². The quantitative estimate of drug-likeness (QED) is 0.768. The Bertz CT molecular complexity index is 435. The normalized spacial score (nSPS) is 15.3. The van der Waals surface area contributed by atoms with Crippen molar-refractivity contribution in [2.24, 2.45) is 5.73 Å². The Morgan fingerprint density at radius 2 is 1.90 bits per heavy atom. The molecule has 1 aromatic carbocycles. The zero-order chi connectivity index (χ0) is 15.8. The number of nitrogens with two attached hydrogens (primary N) is 1. The smallest absolute Gasteiger partial charge is 0.222 e. The molecule has 1 amide bonds. The Kier molecular flexibility index (Phi) is 7.67. The van der Waals surface area contributed by atoms with Gasteiger partial charge >= 0.3 is 0 Å². The minimum atomic E-state index is -0.270. The molecule has 3 atom stereocenters. The first-order chi connectivity index (χ1) is 10.0. The van der Waals surface area contributed by atoms with Gasteiger partial charge in [-0.25, -0.2) is 0 Å². The van der Waals surface area contributed by atoms with E-state index in [1.807, 2.05) is 19.1 Å². The topological polar surface area (TPSA) is 73.6 Å². The van der Waals surface area contributed by atoms with Crippen molar-refractivity contribution in [3.63, 3.8) is 0 Å². The molecular formula is C15H23ClN2O3. The molecule has 6 heteroatoms. The average Bonchev–Trinajstić information content (AvgIpc) is 2.47. The molecule has 1 rings (SSSR count). The second-order valence-electron chi connectivity index (χ2n) is 4.86. The van der Waals surface area contributed by atoms with E-state index in [2.05, 4.69) is 5.32 Å². The number of carbonyl (C=O) groups is 1. The van der Waals surface area contributed by atoms with Crippen LogP contribution < -0.4 is 11.1 Å². The van der Waals surface area contributed by atoms with Crippen molar-refractivity contribution in [2.45, 2.75) is 31.6 Å². The molecule has 0 radical (unpaired) electrons. The highest BCUT2D eigenvalue weighted by Crippen LogP contribution is 2.22. The summed E-state index contributed by atoms with van der Waals surface area (Å²) in [5, 5.41) is 3.57. The van der Waals surface area contributed by atoms with Gasteiger partial charge in [-0.2, -0.15) is 0 Å². The number of methoxy groups -OCH3 is 2. The second-order valence-corrected chi connectivity index (χ2v) is 5.30. The van der Waals surface area contributed by atoms with E-state index in [1.54, 1.807) is 26.4 Å². The molecule has 0 aliphatic rings. The average molecular weight is 315 g/mol. The third kappa shape index (κ3) is 5.63. The zero-order valence-corrected chi connectivity index (χ0v) is 13.4. The number of hydrogen-bond donors (Lipinski definition) is 2. The summed E-state index contributed by atoms with van der Waals surface area (Å²) in [6, 6.07) is 7.19. The van der Waals surface area contributed by atoms with Crippen LogP contribution in [0.5, 0.6) is 0 Å². The largest absolute Gasteiger partial charge is 0.380 e. The van der Waals surface area contributed by atoms with E-state index in [0.717, 1.165) is 5.56 Å². The van der Waals surface area contributed by atoms with Gasteiger partial charge in [0.25, 0.3) is 0 Å². The van der Waals surface area contributed by atoms with Crippen LogP contribution in [0.1, 0.15) is 25.0 Å². The standard InChI is InChI=1S/C15H23ClN2O3/c1-10(18-14(19)8-13(9-17)20-2)15(21-3)11-4-6-12(16)7-5-11/h4-7,10,13,15H,8-9,17H2,1-3H3,(H,18,19). The molecule has 0 saturated carbocycles. The Morgan fingerprint density at radius 1 is 1.29 bits per heavy atom. The maximum Gasteiger partial charge on any atom is 0.222 e. The highest BCUT2D eigenvalue weighted by Gasteiger charge is 2.22. The molecule has 0 fully saturated rings. The van der Waals surface area contributed by atoms with E-state index in [-0.39, 0.29) is 30.6 Å². The van der Waals surface area contributed by atoms with Crippen LogP contribution in [0.2, 0.25) is 5.02 Å². The molecule has 3 N–H and O–H groups in total. The van der Waals surface area contributed by atoms with E-state index in [4.69, 9.17) is 26.8 Å². The predicted molar refractivity (Wildman–Crippen MR) is 83.3 cm³/mol. The molecule has 5 nitrogen and oxygen atoms in total. The zero-order valence-electron chi connectivity index (χ0n) is 12.6. The van der Waals surface area contributed by atoms with Gasteiger partial charge in [-0.05, 0) is 24.6 Å². The summed E-state index contributed by atoms with van der Waals surface area (Å²) in [5.41, 5.74) is 6.47. The van der Waals surface area contributed by atoms with Crippen molar-refractivity contribution in [1.29, 1.82) is 0 Å². The van der Waals surface area contributed by atoms with E-state index in [9.17, 15) is 4.79 Å². The lowest BCUT2D eigenvalue weighted by molar-refractivity contribution is -0.125. The maximum absolute atomic E-state index is 12.0. The molecule has 0 saturated heterocycles. The molecule has 1 aromatic rings. The molecule has 21 heavy (non-hydrogen) atoms. The van der Waals surface area contributed by atoms with Crippen LogP contribution in [0.3, 0.4) is 0 Å². The molecule has 0 aliphatic heterocycles. The third-order valence-corrected chi connectivity index (χ3v) is 3.56. The van der Waals surface area contributed by atoms with Gasteiger partial charge in [-0.3, -0.25) is 4.79 Å². The number of halogens is 1. The lowest BCUT2D eigenvalue weighted by Gasteiger charge is -2.25. The van der Waals surface area contributed by atoms with Crippen LogP contribution in [-0.2, 0) is 14.3 Å². The van der Waals surface area contributed by atoms with E-state index in [0.29, 0.717) is 11.6 Å². The lowest BCUT2D eigenvalue weighted by atomic mass is 10.0. The fourth-order valence-electron chi connectivity index (χ4n) is 2.14. The van der Waals surface area contributed by atoms with Gasteiger partial charge in [-0.1, -0.05) is 23.7 Å². The summed E-state index contributed by atoms with van der Waals surface area (Å²) in [6.07, 6.45) is -0.284. The van der Waals surface area contributed by atoms with Crippen molar-refractivity contribution in [2.75, 3.05) is 20.8 Å². The van der Waals surface area contributed by atoms with E-state index in [1.165, 1.54) is 0 Å². The second kappa shape index (κ2) is 9.00. The fourth-order valence-corrected chi connectivity index (χ4v) is 2.27. The van der Waals surface area contributed by atoms with Crippen LogP contribution in [0, 0.1) is 0 Å². The minimum Gasteiger partial charge on any atom is -0.380 e. The summed E-state index contributed by atoms with van der Waals surface area (Å²) in [7, 11) is 3.15. The predicted octanol–water partition coefficient (Wildman–Crippen LogP) is 1.90. The highest BCUT2D eigenvalue weighted by atomic mass is 35.5. The first-order valence-electron chi connectivity index (χ1n) is 6.82. The van der Waals surface area contributed by atoms with Crippen molar-refractivity contribution in [1.82, 2.24) is 5.32 Å². The summed E-state index contributed by atoms with van der Waals surface area (Å²) < 4.78 is 10.6. The SMILES string of the molecule is COC(CN)CC(=O)NC(C)C(OC)c1ccc(Cl)cc1. The van der Waals surface area contributed by atoms with Gasteiger partial charge in [0.15, 0.2) is 0 Å². The van der Waals surface area contributed by atoms with Crippen LogP contribution in [0.25, 0.3) is 0 Å². The van der Waals surface area contributed by atoms with Crippen LogP contribution >= 0.6 is 11.6 Å². The summed E-state index contributed by atoms with van der Waals surface area (Å²) in [6.45, 7) is 2.20. The molecule has 118 valence electrons. The highest BCUT2D eigenvalue weighted by molar-refractivity contribution is 6.30. The summed E-state index contributed by atoms with van der Waals surface area (Å²) >= 11 is 5.88. The summed E-state index contributed by atoms with van der Waals surface area (Å²) in [5.74, 6) is -0.115. The lowest BCUT2D eigenvalue weighted by Crippen LogP contribution is -2.40. The molecular weight excluding hydrogens is 292 g/mol. The molecule has 0 aliphatic carbocycles. The van der Waals surface area contributed by atoms with Crippen molar-refractivity contribution in [3.05, 3.63) is 34.9 Å². The first kappa shape index (κ1) is 17.9. The van der Waals surface area contributed by atoms with Crippen LogP contribution in [-0.4, -0.2) is 38.8 Å². The fraction of sp³-hybridized carbons (Fsp3) is 0.533. The summed E-state index contributed by atoms with van der Waals surface area (Å²) in [4.78, 5) is 12.0. The van der Waals surface area contributed by atoms with Gasteiger partial charge in [0.05, 0.1) is 18.6 Å². The van der Waals surface area contributed by atoms with E-state index >= 15 is 0 Å². The number of amides is 1. The van der Waals surface area contributed by atoms with Crippen molar-refractivity contribution >= 4 is 17.5 Å². The van der Waals surface area contributed by atoms with Crippen molar-refractivity contribution < 1.29 is 14.3 Å². The Hall–Kier alpha value is -1.14. The molecule has 3 unspecified atom stereocenters. The van der Waals surface area contributed by atoms with Crippen LogP contribution in [0.4, 0.5) is 0 Å². The molecule has 0 bridgehead atoms.